The average Bonchev–Trinajstić information content (AvgIpc) is 2.19. The number of ether oxygens (including phenoxy) is 2. The lowest BCUT2D eigenvalue weighted by Crippen LogP contribution is -2.15. The van der Waals surface area contributed by atoms with E-state index < -0.39 is 0 Å². The monoisotopic (exact) mass is 184 g/mol. The standard InChI is InChI=1S/C11H20O2/c1-2-7-12-8-3-4-11-5-9-13-10-6-11/h2,7,11H,3-6,8-10H2,1H3/b7-2+. The molecule has 0 unspecified atom stereocenters. The van der Waals surface area contributed by atoms with Crippen LogP contribution in [0.3, 0.4) is 0 Å². The second kappa shape index (κ2) is 6.96. The van der Waals surface area contributed by atoms with E-state index in [1.165, 1.54) is 25.7 Å². The Morgan fingerprint density at radius 3 is 2.85 bits per heavy atom. The molecule has 76 valence electrons. The Balaban J connectivity index is 1.92. The quantitative estimate of drug-likeness (QED) is 0.483. The van der Waals surface area contributed by atoms with Gasteiger partial charge in [0.2, 0.25) is 0 Å². The molecule has 0 aromatic rings. The van der Waals surface area contributed by atoms with Gasteiger partial charge < -0.3 is 9.47 Å². The van der Waals surface area contributed by atoms with Gasteiger partial charge >= 0.3 is 0 Å². The van der Waals surface area contributed by atoms with E-state index in [2.05, 4.69) is 0 Å². The molecule has 1 rings (SSSR count). The van der Waals surface area contributed by atoms with Crippen LogP contribution in [0.1, 0.15) is 32.6 Å². The van der Waals surface area contributed by atoms with Crippen LogP contribution in [0.25, 0.3) is 0 Å². The summed E-state index contributed by atoms with van der Waals surface area (Å²) in [5, 5.41) is 0. The molecule has 1 saturated heterocycles. The summed E-state index contributed by atoms with van der Waals surface area (Å²) >= 11 is 0. The lowest BCUT2D eigenvalue weighted by atomic mass is 9.95. The van der Waals surface area contributed by atoms with Crippen molar-refractivity contribution in [2.45, 2.75) is 32.6 Å². The Bertz CT molecular complexity index is 137. The van der Waals surface area contributed by atoms with Gasteiger partial charge in [0, 0.05) is 13.2 Å². The van der Waals surface area contributed by atoms with Crippen molar-refractivity contribution >= 4 is 0 Å². The predicted octanol–water partition coefficient (Wildman–Crippen LogP) is 2.74. The SMILES string of the molecule is C/C=C/OCCCC1CCOCC1. The number of hydrogen-bond donors (Lipinski definition) is 0. The van der Waals surface area contributed by atoms with Gasteiger partial charge in [-0.3, -0.25) is 0 Å². The maximum absolute atomic E-state index is 5.30. The molecule has 0 radical (unpaired) electrons. The van der Waals surface area contributed by atoms with Gasteiger partial charge in [-0.15, -0.1) is 0 Å². The van der Waals surface area contributed by atoms with Crippen LogP contribution in [0.5, 0.6) is 0 Å². The summed E-state index contributed by atoms with van der Waals surface area (Å²) in [5.74, 6) is 0.878. The second-order valence-corrected chi connectivity index (χ2v) is 3.54. The molecule has 0 N–H and O–H groups in total. The first-order valence-electron chi connectivity index (χ1n) is 5.24. The summed E-state index contributed by atoms with van der Waals surface area (Å²) in [6.45, 7) is 4.75. The van der Waals surface area contributed by atoms with Crippen LogP contribution in [-0.2, 0) is 9.47 Å². The normalized spacial score (nSPS) is 19.5. The molecular weight excluding hydrogens is 164 g/mol. The summed E-state index contributed by atoms with van der Waals surface area (Å²) in [6, 6.07) is 0. The van der Waals surface area contributed by atoms with Crippen LogP contribution in [0.2, 0.25) is 0 Å². The van der Waals surface area contributed by atoms with Crippen LogP contribution in [-0.4, -0.2) is 19.8 Å². The Hall–Kier alpha value is -0.500. The van der Waals surface area contributed by atoms with Crippen LogP contribution >= 0.6 is 0 Å². The lowest BCUT2D eigenvalue weighted by molar-refractivity contribution is 0.0613. The zero-order chi connectivity index (χ0) is 9.36. The smallest absolute Gasteiger partial charge is 0.0873 e. The molecule has 0 saturated carbocycles. The molecule has 0 aromatic heterocycles. The molecular formula is C11H20O2. The Labute approximate surface area is 80.9 Å². The van der Waals surface area contributed by atoms with E-state index in [1.807, 2.05) is 13.0 Å². The molecule has 2 heteroatoms. The molecule has 0 amide bonds. The van der Waals surface area contributed by atoms with Gasteiger partial charge in [-0.05, 0) is 38.5 Å². The van der Waals surface area contributed by atoms with Gasteiger partial charge in [-0.2, -0.15) is 0 Å². The summed E-state index contributed by atoms with van der Waals surface area (Å²) in [5.41, 5.74) is 0. The van der Waals surface area contributed by atoms with Crippen LogP contribution in [0, 0.1) is 5.92 Å². The number of rotatable bonds is 5. The van der Waals surface area contributed by atoms with Crippen molar-refractivity contribution in [1.82, 2.24) is 0 Å². The van der Waals surface area contributed by atoms with Crippen molar-refractivity contribution in [1.29, 1.82) is 0 Å². The molecule has 0 spiro atoms. The van der Waals surface area contributed by atoms with Crippen LogP contribution in [0.4, 0.5) is 0 Å². The van der Waals surface area contributed by atoms with Gasteiger partial charge in [-0.25, -0.2) is 0 Å². The van der Waals surface area contributed by atoms with Crippen molar-refractivity contribution < 1.29 is 9.47 Å². The highest BCUT2D eigenvalue weighted by Crippen LogP contribution is 2.19. The van der Waals surface area contributed by atoms with Crippen molar-refractivity contribution in [2.75, 3.05) is 19.8 Å². The largest absolute Gasteiger partial charge is 0.502 e. The number of hydrogen-bond acceptors (Lipinski definition) is 2. The Morgan fingerprint density at radius 2 is 2.15 bits per heavy atom. The van der Waals surface area contributed by atoms with E-state index in [0.717, 1.165) is 25.7 Å². The topological polar surface area (TPSA) is 18.5 Å². The Kier molecular flexibility index (Phi) is 5.66. The molecule has 0 atom stereocenters. The Morgan fingerprint density at radius 1 is 1.38 bits per heavy atom. The third-order valence-electron chi connectivity index (χ3n) is 2.45. The summed E-state index contributed by atoms with van der Waals surface area (Å²) in [6.07, 6.45) is 8.64. The molecule has 0 aliphatic carbocycles. The van der Waals surface area contributed by atoms with Crippen molar-refractivity contribution in [3.8, 4) is 0 Å². The molecule has 0 bridgehead atoms. The molecule has 1 aliphatic heterocycles. The summed E-state index contributed by atoms with van der Waals surface area (Å²) in [7, 11) is 0. The van der Waals surface area contributed by atoms with Gasteiger partial charge in [0.15, 0.2) is 0 Å². The molecule has 0 aromatic carbocycles. The molecule has 1 heterocycles. The zero-order valence-electron chi connectivity index (χ0n) is 8.50. The van der Waals surface area contributed by atoms with E-state index in [0.29, 0.717) is 0 Å². The fourth-order valence-corrected chi connectivity index (χ4v) is 1.65. The van der Waals surface area contributed by atoms with Crippen LogP contribution < -0.4 is 0 Å². The van der Waals surface area contributed by atoms with Gasteiger partial charge in [0.1, 0.15) is 0 Å². The molecule has 1 aliphatic rings. The maximum atomic E-state index is 5.30. The first-order chi connectivity index (χ1) is 6.43. The zero-order valence-corrected chi connectivity index (χ0v) is 8.50. The van der Waals surface area contributed by atoms with E-state index in [9.17, 15) is 0 Å². The average molecular weight is 184 g/mol. The third-order valence-corrected chi connectivity index (χ3v) is 2.45. The van der Waals surface area contributed by atoms with E-state index in [4.69, 9.17) is 9.47 Å². The fraction of sp³-hybridized carbons (Fsp3) is 0.818. The molecule has 2 nitrogen and oxygen atoms in total. The van der Waals surface area contributed by atoms with Crippen molar-refractivity contribution in [2.24, 2.45) is 5.92 Å². The number of allylic oxidation sites excluding steroid dienone is 1. The minimum absolute atomic E-state index is 0.863. The lowest BCUT2D eigenvalue weighted by Gasteiger charge is -2.21. The summed E-state index contributed by atoms with van der Waals surface area (Å²) < 4.78 is 10.6. The van der Waals surface area contributed by atoms with Crippen molar-refractivity contribution in [3.63, 3.8) is 0 Å². The minimum Gasteiger partial charge on any atom is -0.502 e. The van der Waals surface area contributed by atoms with Gasteiger partial charge in [-0.1, -0.05) is 6.08 Å². The highest BCUT2D eigenvalue weighted by atomic mass is 16.5. The van der Waals surface area contributed by atoms with E-state index >= 15 is 0 Å². The fourth-order valence-electron chi connectivity index (χ4n) is 1.65. The highest BCUT2D eigenvalue weighted by molar-refractivity contribution is 4.66. The summed E-state index contributed by atoms with van der Waals surface area (Å²) in [4.78, 5) is 0. The maximum Gasteiger partial charge on any atom is 0.0873 e. The van der Waals surface area contributed by atoms with Gasteiger partial charge in [0.25, 0.3) is 0 Å². The molecule has 13 heavy (non-hydrogen) atoms. The highest BCUT2D eigenvalue weighted by Gasteiger charge is 2.12. The second-order valence-electron chi connectivity index (χ2n) is 3.54. The molecule has 1 fully saturated rings. The predicted molar refractivity (Wildman–Crippen MR) is 53.5 cm³/mol. The van der Waals surface area contributed by atoms with Gasteiger partial charge in [0.05, 0.1) is 12.9 Å². The van der Waals surface area contributed by atoms with Crippen LogP contribution in [0.15, 0.2) is 12.3 Å². The first-order valence-corrected chi connectivity index (χ1v) is 5.24. The first kappa shape index (κ1) is 10.6. The minimum atomic E-state index is 0.863. The third kappa shape index (κ3) is 4.94. The van der Waals surface area contributed by atoms with Crippen molar-refractivity contribution in [3.05, 3.63) is 12.3 Å². The van der Waals surface area contributed by atoms with E-state index in [1.54, 1.807) is 6.26 Å². The van der Waals surface area contributed by atoms with E-state index in [-0.39, 0.29) is 0 Å².